The van der Waals surface area contributed by atoms with Gasteiger partial charge in [0, 0.05) is 11.6 Å². The molecule has 0 saturated heterocycles. The molecule has 7 heteroatoms. The zero-order valence-corrected chi connectivity index (χ0v) is 14.1. The number of carboxylic acid groups (broad SMARTS) is 1. The van der Waals surface area contributed by atoms with Crippen LogP contribution in [0.2, 0.25) is 0 Å². The van der Waals surface area contributed by atoms with Gasteiger partial charge in [-0.2, -0.15) is 0 Å². The van der Waals surface area contributed by atoms with E-state index in [-0.39, 0.29) is 5.69 Å². The quantitative estimate of drug-likeness (QED) is 0.769. The molecule has 1 N–H and O–H groups in total. The molecule has 1 aromatic heterocycles. The van der Waals surface area contributed by atoms with E-state index >= 15 is 0 Å². The third-order valence-corrected chi connectivity index (χ3v) is 3.81. The summed E-state index contributed by atoms with van der Waals surface area (Å²) in [4.78, 5) is 11.6. The minimum Gasteiger partial charge on any atom is -0.493 e. The van der Waals surface area contributed by atoms with Crippen molar-refractivity contribution in [3.05, 3.63) is 53.7 Å². The Morgan fingerprint density at radius 2 is 1.72 bits per heavy atom. The van der Waals surface area contributed by atoms with Gasteiger partial charge in [0.05, 0.1) is 19.9 Å². The summed E-state index contributed by atoms with van der Waals surface area (Å²) in [5.41, 5.74) is 2.69. The van der Waals surface area contributed by atoms with Crippen LogP contribution in [0.3, 0.4) is 0 Å². The molecule has 128 valence electrons. The standard InChI is InChI=1S/C18H17N3O4/c1-11-4-6-12(7-5-11)17-16(18(22)23)19-20-21(17)13-8-9-14(24-2)15(10-13)25-3/h4-10H,1-3H3,(H,22,23). The van der Waals surface area contributed by atoms with E-state index in [0.29, 0.717) is 28.4 Å². The third kappa shape index (κ3) is 3.03. The number of nitrogens with zero attached hydrogens (tertiary/aromatic N) is 3. The van der Waals surface area contributed by atoms with Crippen LogP contribution in [0.1, 0.15) is 16.1 Å². The van der Waals surface area contributed by atoms with Crippen molar-refractivity contribution in [1.29, 1.82) is 0 Å². The maximum Gasteiger partial charge on any atom is 0.358 e. The maximum absolute atomic E-state index is 11.6. The number of carboxylic acids is 1. The van der Waals surface area contributed by atoms with Crippen molar-refractivity contribution < 1.29 is 19.4 Å². The number of hydrogen-bond donors (Lipinski definition) is 1. The van der Waals surface area contributed by atoms with Gasteiger partial charge in [0.2, 0.25) is 0 Å². The highest BCUT2D eigenvalue weighted by Crippen LogP contribution is 2.32. The molecule has 0 fully saturated rings. The Hall–Kier alpha value is -3.35. The monoisotopic (exact) mass is 339 g/mol. The number of hydrogen-bond acceptors (Lipinski definition) is 5. The Morgan fingerprint density at radius 3 is 2.32 bits per heavy atom. The first-order valence-corrected chi connectivity index (χ1v) is 7.53. The molecule has 0 atom stereocenters. The maximum atomic E-state index is 11.6. The van der Waals surface area contributed by atoms with E-state index < -0.39 is 5.97 Å². The fourth-order valence-corrected chi connectivity index (χ4v) is 2.53. The Morgan fingerprint density at radius 1 is 1.04 bits per heavy atom. The molecular formula is C18H17N3O4. The molecule has 0 unspecified atom stereocenters. The number of aromatic carboxylic acids is 1. The van der Waals surface area contributed by atoms with E-state index in [1.54, 1.807) is 25.3 Å². The molecule has 0 aliphatic carbocycles. The van der Waals surface area contributed by atoms with Crippen LogP contribution in [0.15, 0.2) is 42.5 Å². The fourth-order valence-electron chi connectivity index (χ4n) is 2.53. The summed E-state index contributed by atoms with van der Waals surface area (Å²) in [7, 11) is 3.08. The highest BCUT2D eigenvalue weighted by molar-refractivity contribution is 5.93. The van der Waals surface area contributed by atoms with Crippen LogP contribution in [0.5, 0.6) is 11.5 Å². The number of rotatable bonds is 5. The van der Waals surface area contributed by atoms with E-state index in [9.17, 15) is 9.90 Å². The van der Waals surface area contributed by atoms with Crippen molar-refractivity contribution in [3.63, 3.8) is 0 Å². The summed E-state index contributed by atoms with van der Waals surface area (Å²) >= 11 is 0. The van der Waals surface area contributed by atoms with Crippen LogP contribution in [-0.2, 0) is 0 Å². The van der Waals surface area contributed by atoms with E-state index in [1.165, 1.54) is 11.8 Å². The van der Waals surface area contributed by atoms with Crippen molar-refractivity contribution in [1.82, 2.24) is 15.0 Å². The van der Waals surface area contributed by atoms with Gasteiger partial charge in [0.15, 0.2) is 17.2 Å². The Balaban J connectivity index is 2.20. The van der Waals surface area contributed by atoms with Gasteiger partial charge in [-0.3, -0.25) is 0 Å². The number of methoxy groups -OCH3 is 2. The molecular weight excluding hydrogens is 322 g/mol. The largest absolute Gasteiger partial charge is 0.493 e. The molecule has 1 heterocycles. The second kappa shape index (κ2) is 6.64. The van der Waals surface area contributed by atoms with Crippen molar-refractivity contribution in [2.45, 2.75) is 6.92 Å². The molecule has 0 spiro atoms. The average molecular weight is 339 g/mol. The lowest BCUT2D eigenvalue weighted by Gasteiger charge is -2.11. The lowest BCUT2D eigenvalue weighted by atomic mass is 10.1. The van der Waals surface area contributed by atoms with Crippen LogP contribution in [0, 0.1) is 6.92 Å². The van der Waals surface area contributed by atoms with E-state index in [0.717, 1.165) is 5.56 Å². The van der Waals surface area contributed by atoms with Crippen LogP contribution in [0.25, 0.3) is 16.9 Å². The van der Waals surface area contributed by atoms with Gasteiger partial charge in [-0.15, -0.1) is 5.10 Å². The zero-order valence-electron chi connectivity index (χ0n) is 14.1. The number of ether oxygens (including phenoxy) is 2. The number of aromatic nitrogens is 3. The van der Waals surface area contributed by atoms with Crippen molar-refractivity contribution in [2.24, 2.45) is 0 Å². The molecule has 0 aliphatic heterocycles. The normalized spacial score (nSPS) is 10.5. The van der Waals surface area contributed by atoms with Crippen LogP contribution in [-0.4, -0.2) is 40.3 Å². The molecule has 0 radical (unpaired) electrons. The summed E-state index contributed by atoms with van der Waals surface area (Å²) in [6, 6.07) is 12.7. The Kier molecular flexibility index (Phi) is 4.38. The highest BCUT2D eigenvalue weighted by Gasteiger charge is 2.22. The van der Waals surface area contributed by atoms with E-state index in [1.807, 2.05) is 31.2 Å². The summed E-state index contributed by atoms with van der Waals surface area (Å²) in [5.74, 6) is -0.0498. The van der Waals surface area contributed by atoms with Crippen LogP contribution >= 0.6 is 0 Å². The van der Waals surface area contributed by atoms with Crippen molar-refractivity contribution in [2.75, 3.05) is 14.2 Å². The van der Waals surface area contributed by atoms with Gasteiger partial charge in [0.25, 0.3) is 0 Å². The van der Waals surface area contributed by atoms with Crippen molar-refractivity contribution >= 4 is 5.97 Å². The summed E-state index contributed by atoms with van der Waals surface area (Å²) in [6.07, 6.45) is 0. The molecule has 0 amide bonds. The second-order valence-electron chi connectivity index (χ2n) is 5.41. The fraction of sp³-hybridized carbons (Fsp3) is 0.167. The van der Waals surface area contributed by atoms with E-state index in [4.69, 9.17) is 9.47 Å². The summed E-state index contributed by atoms with van der Waals surface area (Å²) in [5, 5.41) is 17.3. The van der Waals surface area contributed by atoms with Crippen LogP contribution in [0.4, 0.5) is 0 Å². The minimum absolute atomic E-state index is 0.112. The van der Waals surface area contributed by atoms with Gasteiger partial charge < -0.3 is 14.6 Å². The van der Waals surface area contributed by atoms with Gasteiger partial charge >= 0.3 is 5.97 Å². The average Bonchev–Trinajstić information content (AvgIpc) is 3.07. The number of carbonyl (C=O) groups is 1. The first-order chi connectivity index (χ1) is 12.0. The summed E-state index contributed by atoms with van der Waals surface area (Å²) < 4.78 is 12.0. The molecule has 2 aromatic carbocycles. The molecule has 0 aliphatic rings. The zero-order chi connectivity index (χ0) is 18.0. The SMILES string of the molecule is COc1ccc(-n2nnc(C(=O)O)c2-c2ccc(C)cc2)cc1OC. The molecule has 25 heavy (non-hydrogen) atoms. The van der Waals surface area contributed by atoms with Gasteiger partial charge in [-0.1, -0.05) is 35.0 Å². The summed E-state index contributed by atoms with van der Waals surface area (Å²) in [6.45, 7) is 1.96. The minimum atomic E-state index is -1.14. The smallest absolute Gasteiger partial charge is 0.358 e. The van der Waals surface area contributed by atoms with Gasteiger partial charge in [-0.25, -0.2) is 9.48 Å². The van der Waals surface area contributed by atoms with Crippen LogP contribution < -0.4 is 9.47 Å². The van der Waals surface area contributed by atoms with E-state index in [2.05, 4.69) is 10.3 Å². The third-order valence-electron chi connectivity index (χ3n) is 3.81. The number of benzene rings is 2. The molecule has 7 nitrogen and oxygen atoms in total. The molecule has 3 aromatic rings. The highest BCUT2D eigenvalue weighted by atomic mass is 16.5. The lowest BCUT2D eigenvalue weighted by molar-refractivity contribution is 0.0691. The predicted molar refractivity (Wildman–Crippen MR) is 91.6 cm³/mol. The topological polar surface area (TPSA) is 86.5 Å². The van der Waals surface area contributed by atoms with Gasteiger partial charge in [0.1, 0.15) is 5.69 Å². The number of aryl methyl sites for hydroxylation is 1. The molecule has 0 saturated carbocycles. The molecule has 0 bridgehead atoms. The first-order valence-electron chi connectivity index (χ1n) is 7.53. The second-order valence-corrected chi connectivity index (χ2v) is 5.41. The first kappa shape index (κ1) is 16.5. The molecule has 3 rings (SSSR count). The lowest BCUT2D eigenvalue weighted by Crippen LogP contribution is -2.04. The Bertz CT molecular complexity index is 917. The Labute approximate surface area is 144 Å². The van der Waals surface area contributed by atoms with Gasteiger partial charge in [-0.05, 0) is 19.1 Å². The van der Waals surface area contributed by atoms with Crippen molar-refractivity contribution in [3.8, 4) is 28.4 Å². The predicted octanol–water partition coefficient (Wildman–Crippen LogP) is 2.96.